The van der Waals surface area contributed by atoms with Crippen molar-refractivity contribution in [3.8, 4) is 0 Å². The lowest BCUT2D eigenvalue weighted by Crippen LogP contribution is -2.20. The molecule has 0 fully saturated rings. The summed E-state index contributed by atoms with van der Waals surface area (Å²) in [5, 5.41) is 2.65. The maximum absolute atomic E-state index is 13.0. The third-order valence-corrected chi connectivity index (χ3v) is 2.26. The maximum Gasteiger partial charge on any atom is 0.224 e. The van der Waals surface area contributed by atoms with E-state index in [-0.39, 0.29) is 17.6 Å². The molecule has 1 amide bonds. The number of nitrogens with one attached hydrogen (secondary N) is 1. The van der Waals surface area contributed by atoms with Crippen LogP contribution in [0.5, 0.6) is 0 Å². The average Bonchev–Trinajstić information content (AvgIpc) is 2.15. The normalized spacial score (nSPS) is 12.2. The molecular formula is C12H17FN2O. The van der Waals surface area contributed by atoms with Gasteiger partial charge in [0.15, 0.2) is 0 Å². The van der Waals surface area contributed by atoms with E-state index in [1.54, 1.807) is 13.0 Å². The van der Waals surface area contributed by atoms with Gasteiger partial charge in [0.25, 0.3) is 0 Å². The molecule has 3 nitrogen and oxygen atoms in total. The van der Waals surface area contributed by atoms with Crippen molar-refractivity contribution < 1.29 is 9.18 Å². The third-order valence-electron chi connectivity index (χ3n) is 2.26. The van der Waals surface area contributed by atoms with E-state index in [2.05, 4.69) is 5.32 Å². The number of hydrogen-bond donors (Lipinski definition) is 2. The molecule has 1 aromatic carbocycles. The van der Waals surface area contributed by atoms with Gasteiger partial charge in [-0.1, -0.05) is 6.92 Å². The summed E-state index contributed by atoms with van der Waals surface area (Å²) < 4.78 is 13.0. The van der Waals surface area contributed by atoms with Gasteiger partial charge in [0.2, 0.25) is 5.91 Å². The summed E-state index contributed by atoms with van der Waals surface area (Å²) in [7, 11) is 0. The van der Waals surface area contributed by atoms with Crippen LogP contribution in [0.2, 0.25) is 0 Å². The molecule has 0 heterocycles. The highest BCUT2D eigenvalue weighted by atomic mass is 19.1. The lowest BCUT2D eigenvalue weighted by molar-refractivity contribution is -0.116. The minimum Gasteiger partial charge on any atom is -0.330 e. The van der Waals surface area contributed by atoms with E-state index in [1.807, 2.05) is 6.92 Å². The van der Waals surface area contributed by atoms with Crippen molar-refractivity contribution in [2.45, 2.75) is 20.3 Å². The van der Waals surface area contributed by atoms with Gasteiger partial charge in [-0.3, -0.25) is 4.79 Å². The van der Waals surface area contributed by atoms with Crippen LogP contribution in [0.4, 0.5) is 10.1 Å². The Morgan fingerprint density at radius 3 is 2.75 bits per heavy atom. The summed E-state index contributed by atoms with van der Waals surface area (Å²) >= 11 is 0. The number of carbonyl (C=O) groups is 1. The third kappa shape index (κ3) is 3.98. The molecule has 0 aliphatic carbocycles. The first-order valence-electron chi connectivity index (χ1n) is 5.28. The molecule has 0 spiro atoms. The van der Waals surface area contributed by atoms with Crippen molar-refractivity contribution in [1.82, 2.24) is 0 Å². The highest BCUT2D eigenvalue weighted by molar-refractivity contribution is 5.90. The molecule has 1 atom stereocenters. The molecule has 0 aromatic heterocycles. The van der Waals surface area contributed by atoms with Gasteiger partial charge in [-0.25, -0.2) is 4.39 Å². The zero-order chi connectivity index (χ0) is 12.1. The molecule has 16 heavy (non-hydrogen) atoms. The van der Waals surface area contributed by atoms with Crippen LogP contribution >= 0.6 is 0 Å². The molecule has 3 N–H and O–H groups in total. The van der Waals surface area contributed by atoms with Crippen LogP contribution < -0.4 is 11.1 Å². The highest BCUT2D eigenvalue weighted by Gasteiger charge is 2.08. The summed E-state index contributed by atoms with van der Waals surface area (Å²) in [6.07, 6.45) is 0.353. The van der Waals surface area contributed by atoms with Crippen LogP contribution in [0.25, 0.3) is 0 Å². The standard InChI is InChI=1S/C12H17FN2O/c1-8-3-10(13)6-11(4-8)15-12(16)5-9(2)7-14/h3-4,6,9H,5,7,14H2,1-2H3,(H,15,16). The summed E-state index contributed by atoms with van der Waals surface area (Å²) in [6, 6.07) is 4.45. The number of halogens is 1. The van der Waals surface area contributed by atoms with E-state index in [9.17, 15) is 9.18 Å². The van der Waals surface area contributed by atoms with Crippen molar-refractivity contribution in [2.24, 2.45) is 11.7 Å². The summed E-state index contributed by atoms with van der Waals surface area (Å²) in [5.74, 6) is -0.347. The Bertz CT molecular complexity index is 359. The van der Waals surface area contributed by atoms with E-state index in [0.29, 0.717) is 18.7 Å². The van der Waals surface area contributed by atoms with Crippen molar-refractivity contribution in [2.75, 3.05) is 11.9 Å². The smallest absolute Gasteiger partial charge is 0.224 e. The number of anilines is 1. The molecule has 0 aliphatic heterocycles. The van der Waals surface area contributed by atoms with Crippen molar-refractivity contribution in [1.29, 1.82) is 0 Å². The van der Waals surface area contributed by atoms with E-state index in [0.717, 1.165) is 5.56 Å². The number of hydrogen-bond acceptors (Lipinski definition) is 2. The quantitative estimate of drug-likeness (QED) is 0.822. The fourth-order valence-electron chi connectivity index (χ4n) is 1.42. The van der Waals surface area contributed by atoms with Gasteiger partial charge in [0.1, 0.15) is 5.82 Å². The van der Waals surface area contributed by atoms with Crippen LogP contribution in [-0.4, -0.2) is 12.5 Å². The van der Waals surface area contributed by atoms with Gasteiger partial charge < -0.3 is 11.1 Å². The molecule has 0 aliphatic rings. The van der Waals surface area contributed by atoms with Crippen molar-refractivity contribution in [3.63, 3.8) is 0 Å². The second kappa shape index (κ2) is 5.61. The number of rotatable bonds is 4. The monoisotopic (exact) mass is 224 g/mol. The van der Waals surface area contributed by atoms with Crippen LogP contribution in [0.3, 0.4) is 0 Å². The molecule has 1 aromatic rings. The van der Waals surface area contributed by atoms with Crippen LogP contribution in [0.15, 0.2) is 18.2 Å². The minimum absolute atomic E-state index is 0.134. The fourth-order valence-corrected chi connectivity index (χ4v) is 1.42. The lowest BCUT2D eigenvalue weighted by atomic mass is 10.1. The first-order valence-corrected chi connectivity index (χ1v) is 5.28. The van der Waals surface area contributed by atoms with Gasteiger partial charge in [-0.2, -0.15) is 0 Å². The summed E-state index contributed by atoms with van der Waals surface area (Å²) in [4.78, 5) is 11.5. The zero-order valence-corrected chi connectivity index (χ0v) is 9.59. The first-order chi connectivity index (χ1) is 7.51. The second-order valence-corrected chi connectivity index (χ2v) is 4.11. The highest BCUT2D eigenvalue weighted by Crippen LogP contribution is 2.14. The number of carbonyl (C=O) groups excluding carboxylic acids is 1. The van der Waals surface area contributed by atoms with Gasteiger partial charge in [-0.05, 0) is 43.1 Å². The molecule has 0 radical (unpaired) electrons. The Hall–Kier alpha value is -1.42. The van der Waals surface area contributed by atoms with Crippen molar-refractivity contribution in [3.05, 3.63) is 29.6 Å². The Labute approximate surface area is 94.8 Å². The molecule has 88 valence electrons. The fraction of sp³-hybridized carbons (Fsp3) is 0.417. The molecular weight excluding hydrogens is 207 g/mol. The first kappa shape index (κ1) is 12.6. The number of benzene rings is 1. The largest absolute Gasteiger partial charge is 0.330 e. The van der Waals surface area contributed by atoms with Crippen LogP contribution in [0.1, 0.15) is 18.9 Å². The Morgan fingerprint density at radius 1 is 1.50 bits per heavy atom. The molecule has 0 saturated heterocycles. The average molecular weight is 224 g/mol. The predicted octanol–water partition coefficient (Wildman–Crippen LogP) is 2.06. The molecule has 1 rings (SSSR count). The topological polar surface area (TPSA) is 55.1 Å². The van der Waals surface area contributed by atoms with Gasteiger partial charge in [0.05, 0.1) is 0 Å². The Balaban J connectivity index is 2.62. The Kier molecular flexibility index (Phi) is 4.43. The van der Waals surface area contributed by atoms with Crippen molar-refractivity contribution >= 4 is 11.6 Å². The summed E-state index contributed by atoms with van der Waals surface area (Å²) in [5.41, 5.74) is 6.69. The van der Waals surface area contributed by atoms with E-state index < -0.39 is 0 Å². The van der Waals surface area contributed by atoms with E-state index in [4.69, 9.17) is 5.73 Å². The van der Waals surface area contributed by atoms with Gasteiger partial charge in [-0.15, -0.1) is 0 Å². The number of amides is 1. The minimum atomic E-state index is -0.345. The van der Waals surface area contributed by atoms with E-state index >= 15 is 0 Å². The molecule has 0 bridgehead atoms. The lowest BCUT2D eigenvalue weighted by Gasteiger charge is -2.09. The maximum atomic E-state index is 13.0. The van der Waals surface area contributed by atoms with Crippen LogP contribution in [0, 0.1) is 18.7 Å². The molecule has 1 unspecified atom stereocenters. The van der Waals surface area contributed by atoms with Gasteiger partial charge in [0, 0.05) is 12.1 Å². The Morgan fingerprint density at radius 2 is 2.19 bits per heavy atom. The number of nitrogens with two attached hydrogens (primary N) is 1. The van der Waals surface area contributed by atoms with Gasteiger partial charge >= 0.3 is 0 Å². The number of aryl methyl sites for hydroxylation is 1. The second-order valence-electron chi connectivity index (χ2n) is 4.11. The van der Waals surface area contributed by atoms with E-state index in [1.165, 1.54) is 12.1 Å². The zero-order valence-electron chi connectivity index (χ0n) is 9.59. The SMILES string of the molecule is Cc1cc(F)cc(NC(=O)CC(C)CN)c1. The van der Waals surface area contributed by atoms with Crippen LogP contribution in [-0.2, 0) is 4.79 Å². The predicted molar refractivity (Wildman–Crippen MR) is 62.6 cm³/mol. The molecule has 4 heteroatoms. The summed E-state index contributed by atoms with van der Waals surface area (Å²) in [6.45, 7) is 4.15. The molecule has 0 saturated carbocycles.